The van der Waals surface area contributed by atoms with Crippen LogP contribution in [0.3, 0.4) is 0 Å². The number of aromatic amines is 2. The number of methoxy groups -OCH3 is 1. The molecule has 0 unspecified atom stereocenters. The Kier molecular flexibility index (Phi) is 6.19. The van der Waals surface area contributed by atoms with E-state index in [1.165, 1.54) is 7.11 Å². The number of nitrogens with zero attached hydrogens (tertiary/aromatic N) is 1. The smallest absolute Gasteiger partial charge is 0.305 e. The largest absolute Gasteiger partial charge is 0.469 e. The summed E-state index contributed by atoms with van der Waals surface area (Å²) in [6.07, 6.45) is 7.80. The fourth-order valence-electron chi connectivity index (χ4n) is 2.62. The van der Waals surface area contributed by atoms with Crippen LogP contribution in [0.15, 0.2) is 10.9 Å². The van der Waals surface area contributed by atoms with Gasteiger partial charge in [0, 0.05) is 12.1 Å². The molecule has 2 aromatic rings. The quantitative estimate of drug-likeness (QED) is 0.484. The summed E-state index contributed by atoms with van der Waals surface area (Å²) >= 11 is 0. The number of carbonyl (C=O) groups is 1. The van der Waals surface area contributed by atoms with Gasteiger partial charge in [-0.1, -0.05) is 25.7 Å². The zero-order valence-corrected chi connectivity index (χ0v) is 13.5. The summed E-state index contributed by atoms with van der Waals surface area (Å²) in [5, 5.41) is 0.553. The van der Waals surface area contributed by atoms with Gasteiger partial charge in [0.2, 0.25) is 5.95 Å². The highest BCUT2D eigenvalue weighted by Crippen LogP contribution is 2.14. The molecule has 0 spiro atoms. The number of unbranched alkanes of at least 4 members (excludes halogenated alkanes) is 5. The van der Waals surface area contributed by atoms with Crippen LogP contribution >= 0.6 is 0 Å². The van der Waals surface area contributed by atoms with Gasteiger partial charge in [-0.3, -0.25) is 14.6 Å². The first-order chi connectivity index (χ1) is 11.1. The Balaban J connectivity index is 1.66. The molecule has 0 aliphatic heterocycles. The van der Waals surface area contributed by atoms with Gasteiger partial charge < -0.3 is 15.5 Å². The Labute approximate surface area is 134 Å². The van der Waals surface area contributed by atoms with Crippen LogP contribution < -0.4 is 11.3 Å². The molecule has 0 bridgehead atoms. The minimum atomic E-state index is -0.208. The van der Waals surface area contributed by atoms with Crippen molar-refractivity contribution in [2.45, 2.75) is 51.4 Å². The van der Waals surface area contributed by atoms with E-state index >= 15 is 0 Å². The van der Waals surface area contributed by atoms with E-state index in [1.54, 1.807) is 0 Å². The lowest BCUT2D eigenvalue weighted by Crippen LogP contribution is -2.09. The maximum Gasteiger partial charge on any atom is 0.305 e. The molecule has 0 fully saturated rings. The third-order valence-corrected chi connectivity index (χ3v) is 3.88. The van der Waals surface area contributed by atoms with Crippen LogP contribution in [0.4, 0.5) is 5.95 Å². The predicted octanol–water partition coefficient (Wildman–Crippen LogP) is 2.28. The number of esters is 1. The van der Waals surface area contributed by atoms with Gasteiger partial charge in [-0.25, -0.2) is 0 Å². The number of H-pyrrole nitrogens is 2. The molecular formula is C16H24N4O3. The number of carbonyl (C=O) groups excluding carboxylic acids is 1. The number of ether oxygens (including phenoxy) is 1. The highest BCUT2D eigenvalue weighted by atomic mass is 16.5. The van der Waals surface area contributed by atoms with Crippen molar-refractivity contribution in [3.8, 4) is 0 Å². The average Bonchev–Trinajstić information content (AvgIpc) is 2.92. The molecule has 0 aliphatic rings. The van der Waals surface area contributed by atoms with Crippen LogP contribution in [0.25, 0.3) is 11.0 Å². The summed E-state index contributed by atoms with van der Waals surface area (Å²) < 4.78 is 4.61. The highest BCUT2D eigenvalue weighted by Gasteiger charge is 2.06. The molecule has 4 N–H and O–H groups in total. The molecule has 2 aromatic heterocycles. The number of anilines is 1. The number of aromatic nitrogens is 3. The molecule has 2 rings (SSSR count). The number of aryl methyl sites for hydroxylation is 1. The third kappa shape index (κ3) is 5.12. The highest BCUT2D eigenvalue weighted by molar-refractivity contribution is 5.76. The lowest BCUT2D eigenvalue weighted by Gasteiger charge is -2.01. The maximum absolute atomic E-state index is 11.7. The number of nitrogen functional groups attached to an aromatic ring is 1. The summed E-state index contributed by atoms with van der Waals surface area (Å²) in [6, 6.07) is 1.84. The Bertz CT molecular complexity index is 705. The second kappa shape index (κ2) is 8.36. The topological polar surface area (TPSA) is 114 Å². The molecule has 7 heteroatoms. The molecule has 0 saturated heterocycles. The maximum atomic E-state index is 11.7. The van der Waals surface area contributed by atoms with E-state index in [2.05, 4.69) is 19.7 Å². The molecular weight excluding hydrogens is 296 g/mol. The van der Waals surface area contributed by atoms with Crippen molar-refractivity contribution >= 4 is 23.0 Å². The Morgan fingerprint density at radius 1 is 1.17 bits per heavy atom. The lowest BCUT2D eigenvalue weighted by molar-refractivity contribution is -0.140. The van der Waals surface area contributed by atoms with E-state index in [1.807, 2.05) is 6.07 Å². The molecule has 0 amide bonds. The second-order valence-electron chi connectivity index (χ2n) is 5.71. The monoisotopic (exact) mass is 320 g/mol. The van der Waals surface area contributed by atoms with Gasteiger partial charge in [0.05, 0.1) is 12.5 Å². The number of rotatable bonds is 9. The van der Waals surface area contributed by atoms with Crippen molar-refractivity contribution in [2.75, 3.05) is 12.8 Å². The number of hydrogen-bond donors (Lipinski definition) is 3. The van der Waals surface area contributed by atoms with Gasteiger partial charge in [0.15, 0.2) is 0 Å². The first kappa shape index (κ1) is 17.1. The molecule has 0 saturated carbocycles. The predicted molar refractivity (Wildman–Crippen MR) is 89.2 cm³/mol. The fraction of sp³-hybridized carbons (Fsp3) is 0.562. The molecule has 23 heavy (non-hydrogen) atoms. The SMILES string of the molecule is COC(=O)CCCCCCCCc1cc2c(=O)[nH]c(N)nc2[nH]1. The normalized spacial score (nSPS) is 11.0. The van der Waals surface area contributed by atoms with E-state index in [-0.39, 0.29) is 17.5 Å². The van der Waals surface area contributed by atoms with E-state index < -0.39 is 0 Å². The van der Waals surface area contributed by atoms with E-state index in [9.17, 15) is 9.59 Å². The first-order valence-corrected chi connectivity index (χ1v) is 8.04. The minimum absolute atomic E-state index is 0.128. The second-order valence-corrected chi connectivity index (χ2v) is 5.71. The van der Waals surface area contributed by atoms with Crippen molar-refractivity contribution in [1.82, 2.24) is 15.0 Å². The molecule has 2 heterocycles. The van der Waals surface area contributed by atoms with Crippen molar-refractivity contribution < 1.29 is 9.53 Å². The van der Waals surface area contributed by atoms with Crippen molar-refractivity contribution in [2.24, 2.45) is 0 Å². The molecule has 7 nitrogen and oxygen atoms in total. The third-order valence-electron chi connectivity index (χ3n) is 3.88. The van der Waals surface area contributed by atoms with Gasteiger partial charge >= 0.3 is 5.97 Å². The molecule has 0 atom stereocenters. The minimum Gasteiger partial charge on any atom is -0.469 e. The summed E-state index contributed by atoms with van der Waals surface area (Å²) in [5.41, 5.74) is 6.87. The van der Waals surface area contributed by atoms with E-state index in [0.717, 1.165) is 50.6 Å². The number of nitrogens with two attached hydrogens (primary N) is 1. The molecule has 0 aliphatic carbocycles. The Morgan fingerprint density at radius 2 is 1.87 bits per heavy atom. The van der Waals surface area contributed by atoms with Crippen molar-refractivity contribution in [1.29, 1.82) is 0 Å². The molecule has 126 valence electrons. The number of hydrogen-bond acceptors (Lipinski definition) is 5. The summed E-state index contributed by atoms with van der Waals surface area (Å²) in [7, 11) is 1.42. The van der Waals surface area contributed by atoms with Gasteiger partial charge in [-0.05, 0) is 25.3 Å². The van der Waals surface area contributed by atoms with Crippen LogP contribution in [0.1, 0.15) is 50.6 Å². The van der Waals surface area contributed by atoms with Crippen LogP contribution in [0.5, 0.6) is 0 Å². The van der Waals surface area contributed by atoms with Gasteiger partial charge in [-0.15, -0.1) is 0 Å². The van der Waals surface area contributed by atoms with Crippen molar-refractivity contribution in [3.05, 3.63) is 22.1 Å². The standard InChI is InChI=1S/C16H24N4O3/c1-23-13(21)9-7-5-3-2-4-6-8-11-10-12-14(18-11)19-16(17)20-15(12)22/h10H,2-9H2,1H3,(H4,17,18,19,20,22). The summed E-state index contributed by atoms with van der Waals surface area (Å²) in [6.45, 7) is 0. The summed E-state index contributed by atoms with van der Waals surface area (Å²) in [4.78, 5) is 32.4. The zero-order chi connectivity index (χ0) is 16.7. The first-order valence-electron chi connectivity index (χ1n) is 8.04. The summed E-state index contributed by atoms with van der Waals surface area (Å²) in [5.74, 6) is -0.00380. The van der Waals surface area contributed by atoms with Crippen LogP contribution in [0, 0.1) is 0 Å². The average molecular weight is 320 g/mol. The zero-order valence-electron chi connectivity index (χ0n) is 13.5. The van der Waals surface area contributed by atoms with E-state index in [0.29, 0.717) is 17.5 Å². The van der Waals surface area contributed by atoms with Crippen molar-refractivity contribution in [3.63, 3.8) is 0 Å². The molecule has 0 radical (unpaired) electrons. The fourth-order valence-corrected chi connectivity index (χ4v) is 2.62. The lowest BCUT2D eigenvalue weighted by atomic mass is 10.1. The van der Waals surface area contributed by atoms with Gasteiger partial charge in [0.1, 0.15) is 5.65 Å². The number of nitrogens with one attached hydrogen (secondary N) is 2. The van der Waals surface area contributed by atoms with Crippen LogP contribution in [0.2, 0.25) is 0 Å². The Morgan fingerprint density at radius 3 is 2.61 bits per heavy atom. The van der Waals surface area contributed by atoms with Crippen LogP contribution in [-0.4, -0.2) is 28.0 Å². The number of fused-ring (bicyclic) bond motifs is 1. The molecule has 0 aromatic carbocycles. The van der Waals surface area contributed by atoms with Gasteiger partial charge in [-0.2, -0.15) is 4.98 Å². The van der Waals surface area contributed by atoms with Crippen LogP contribution in [-0.2, 0) is 16.0 Å². The Hall–Kier alpha value is -2.31. The van der Waals surface area contributed by atoms with E-state index in [4.69, 9.17) is 5.73 Å². The van der Waals surface area contributed by atoms with Gasteiger partial charge in [0.25, 0.3) is 5.56 Å².